The number of methoxy groups -OCH3 is 1. The zero-order valence-corrected chi connectivity index (χ0v) is 14.1. The molecule has 0 radical (unpaired) electrons. The van der Waals surface area contributed by atoms with Crippen molar-refractivity contribution < 1.29 is 9.26 Å². The molecule has 0 saturated carbocycles. The Kier molecular flexibility index (Phi) is 4.82. The van der Waals surface area contributed by atoms with Crippen LogP contribution in [-0.4, -0.2) is 32.4 Å². The van der Waals surface area contributed by atoms with Crippen LogP contribution >= 0.6 is 23.4 Å². The average Bonchev–Trinajstić information content (AvgIpc) is 3.22. The second kappa shape index (κ2) is 7.01. The van der Waals surface area contributed by atoms with Crippen LogP contribution in [0.2, 0.25) is 5.02 Å². The molecule has 0 spiro atoms. The van der Waals surface area contributed by atoms with Gasteiger partial charge in [0.15, 0.2) is 11.6 Å². The minimum absolute atomic E-state index is 0.511. The summed E-state index contributed by atoms with van der Waals surface area (Å²) in [6.45, 7) is 1.97. The molecule has 0 aliphatic heterocycles. The Labute approximate surface area is 141 Å². The summed E-state index contributed by atoms with van der Waals surface area (Å²) >= 11 is 7.44. The van der Waals surface area contributed by atoms with E-state index in [1.165, 1.54) is 11.8 Å². The number of aryl methyl sites for hydroxylation is 1. The van der Waals surface area contributed by atoms with Crippen LogP contribution in [0.3, 0.4) is 0 Å². The van der Waals surface area contributed by atoms with Crippen molar-refractivity contribution in [2.24, 2.45) is 0 Å². The Bertz CT molecular complexity index is 804. The Hall–Kier alpha value is -2.06. The predicted octanol–water partition coefficient (Wildman–Crippen LogP) is 3.37. The van der Waals surface area contributed by atoms with Crippen molar-refractivity contribution in [2.45, 2.75) is 24.3 Å². The van der Waals surface area contributed by atoms with Crippen molar-refractivity contribution in [3.05, 3.63) is 34.9 Å². The normalized spacial score (nSPS) is 10.9. The molecule has 120 valence electrons. The maximum atomic E-state index is 6.04. The zero-order valence-electron chi connectivity index (χ0n) is 12.5. The molecule has 0 bridgehead atoms. The number of aromatic amines is 1. The summed E-state index contributed by atoms with van der Waals surface area (Å²) < 4.78 is 10.5. The summed E-state index contributed by atoms with van der Waals surface area (Å²) in [5.74, 6) is 3.02. The van der Waals surface area contributed by atoms with E-state index in [9.17, 15) is 0 Å². The molecule has 3 rings (SSSR count). The standard InChI is InChI=1S/C14H14ClN5O2S/c1-3-11-16-12(22-20-11)7-23-14-17-13(18-19-14)9-6-8(15)4-5-10(9)21-2/h4-6H,3,7H2,1-2H3,(H,17,18,19). The van der Waals surface area contributed by atoms with E-state index in [1.807, 2.05) is 6.92 Å². The van der Waals surface area contributed by atoms with Crippen LogP contribution in [0, 0.1) is 0 Å². The maximum Gasteiger partial charge on any atom is 0.237 e. The van der Waals surface area contributed by atoms with Crippen LogP contribution in [0.25, 0.3) is 11.4 Å². The smallest absolute Gasteiger partial charge is 0.237 e. The molecule has 0 saturated heterocycles. The van der Waals surface area contributed by atoms with Crippen LogP contribution in [0.1, 0.15) is 18.6 Å². The third-order valence-corrected chi connectivity index (χ3v) is 4.10. The lowest BCUT2D eigenvalue weighted by atomic mass is 10.2. The third kappa shape index (κ3) is 3.65. The van der Waals surface area contributed by atoms with Crippen molar-refractivity contribution in [1.82, 2.24) is 25.3 Å². The lowest BCUT2D eigenvalue weighted by molar-refractivity contribution is 0.385. The number of thioether (sulfide) groups is 1. The highest BCUT2D eigenvalue weighted by molar-refractivity contribution is 7.98. The SMILES string of the molecule is CCc1noc(CSc2n[nH]c(-c3cc(Cl)ccc3OC)n2)n1. The summed E-state index contributed by atoms with van der Waals surface area (Å²) in [5, 5.41) is 12.1. The third-order valence-electron chi connectivity index (χ3n) is 3.03. The highest BCUT2D eigenvalue weighted by Crippen LogP contribution is 2.31. The topological polar surface area (TPSA) is 89.7 Å². The van der Waals surface area contributed by atoms with Crippen LogP contribution in [0.15, 0.2) is 27.9 Å². The number of ether oxygens (including phenoxy) is 1. The molecule has 0 aliphatic rings. The van der Waals surface area contributed by atoms with Gasteiger partial charge in [-0.1, -0.05) is 35.4 Å². The quantitative estimate of drug-likeness (QED) is 0.681. The molecule has 0 unspecified atom stereocenters. The zero-order chi connectivity index (χ0) is 16.2. The molecule has 7 nitrogen and oxygen atoms in total. The minimum Gasteiger partial charge on any atom is -0.496 e. The number of benzene rings is 1. The fourth-order valence-corrected chi connectivity index (χ4v) is 2.72. The number of halogens is 1. The monoisotopic (exact) mass is 351 g/mol. The van der Waals surface area contributed by atoms with Gasteiger partial charge in [-0.15, -0.1) is 5.10 Å². The van der Waals surface area contributed by atoms with Gasteiger partial charge in [0.25, 0.3) is 0 Å². The van der Waals surface area contributed by atoms with Crippen LogP contribution in [0.5, 0.6) is 5.75 Å². The molecular weight excluding hydrogens is 338 g/mol. The number of hydrogen-bond donors (Lipinski definition) is 1. The largest absolute Gasteiger partial charge is 0.496 e. The first-order valence-corrected chi connectivity index (χ1v) is 8.26. The molecule has 0 amide bonds. The Morgan fingerprint density at radius 3 is 2.96 bits per heavy atom. The van der Waals surface area contributed by atoms with Crippen LogP contribution in [0.4, 0.5) is 0 Å². The van der Waals surface area contributed by atoms with Crippen molar-refractivity contribution in [3.8, 4) is 17.1 Å². The minimum atomic E-state index is 0.511. The van der Waals surface area contributed by atoms with Crippen molar-refractivity contribution in [1.29, 1.82) is 0 Å². The van der Waals surface area contributed by atoms with Gasteiger partial charge in [0.1, 0.15) is 5.75 Å². The van der Waals surface area contributed by atoms with Gasteiger partial charge in [0.05, 0.1) is 18.4 Å². The molecule has 0 aliphatic carbocycles. The molecular formula is C14H14ClN5O2S. The lowest BCUT2D eigenvalue weighted by Crippen LogP contribution is -1.89. The van der Waals surface area contributed by atoms with E-state index >= 15 is 0 Å². The summed E-state index contributed by atoms with van der Waals surface area (Å²) in [6.07, 6.45) is 0.744. The number of rotatable bonds is 6. The number of hydrogen-bond acceptors (Lipinski definition) is 7. The summed E-state index contributed by atoms with van der Waals surface area (Å²) in [7, 11) is 1.60. The van der Waals surface area contributed by atoms with Gasteiger partial charge < -0.3 is 9.26 Å². The van der Waals surface area contributed by atoms with E-state index in [0.717, 1.165) is 12.0 Å². The first-order valence-electron chi connectivity index (χ1n) is 6.90. The predicted molar refractivity (Wildman–Crippen MR) is 86.6 cm³/mol. The molecule has 3 aromatic rings. The first-order chi connectivity index (χ1) is 11.2. The van der Waals surface area contributed by atoms with Gasteiger partial charge in [0.2, 0.25) is 11.0 Å². The van der Waals surface area contributed by atoms with Crippen molar-refractivity contribution in [2.75, 3.05) is 7.11 Å². The number of aromatic nitrogens is 5. The molecule has 0 fully saturated rings. The molecule has 0 atom stereocenters. The Morgan fingerprint density at radius 2 is 2.22 bits per heavy atom. The van der Waals surface area contributed by atoms with Crippen LogP contribution < -0.4 is 4.74 Å². The molecule has 1 N–H and O–H groups in total. The molecule has 2 aromatic heterocycles. The second-order valence-corrected chi connectivity index (χ2v) is 5.94. The maximum absolute atomic E-state index is 6.04. The van der Waals surface area contributed by atoms with Gasteiger partial charge in [0, 0.05) is 11.4 Å². The van der Waals surface area contributed by atoms with Crippen molar-refractivity contribution >= 4 is 23.4 Å². The molecule has 2 heterocycles. The van der Waals surface area contributed by atoms with E-state index in [-0.39, 0.29) is 0 Å². The number of nitrogens with zero attached hydrogens (tertiary/aromatic N) is 4. The average molecular weight is 352 g/mol. The number of nitrogens with one attached hydrogen (secondary N) is 1. The van der Waals surface area contributed by atoms with Crippen LogP contribution in [-0.2, 0) is 12.2 Å². The number of H-pyrrole nitrogens is 1. The van der Waals surface area contributed by atoms with E-state index in [2.05, 4.69) is 25.3 Å². The summed E-state index contributed by atoms with van der Waals surface area (Å²) in [6, 6.07) is 5.33. The Balaban J connectivity index is 1.74. The highest BCUT2D eigenvalue weighted by Gasteiger charge is 2.13. The summed E-state index contributed by atoms with van der Waals surface area (Å²) in [4.78, 5) is 8.69. The first kappa shape index (κ1) is 15.8. The summed E-state index contributed by atoms with van der Waals surface area (Å²) in [5.41, 5.74) is 0.755. The molecule has 23 heavy (non-hydrogen) atoms. The van der Waals surface area contributed by atoms with Gasteiger partial charge in [-0.25, -0.2) is 4.98 Å². The molecule has 1 aromatic carbocycles. The van der Waals surface area contributed by atoms with E-state index < -0.39 is 0 Å². The van der Waals surface area contributed by atoms with E-state index in [4.69, 9.17) is 20.9 Å². The fraction of sp³-hybridized carbons (Fsp3) is 0.286. The van der Waals surface area contributed by atoms with E-state index in [0.29, 0.717) is 39.2 Å². The molecule has 9 heteroatoms. The second-order valence-electron chi connectivity index (χ2n) is 4.56. The van der Waals surface area contributed by atoms with Gasteiger partial charge in [-0.05, 0) is 18.2 Å². The van der Waals surface area contributed by atoms with Gasteiger partial charge >= 0.3 is 0 Å². The van der Waals surface area contributed by atoms with Gasteiger partial charge in [-0.2, -0.15) is 4.98 Å². The lowest BCUT2D eigenvalue weighted by Gasteiger charge is -2.05. The fourth-order valence-electron chi connectivity index (χ4n) is 1.92. The van der Waals surface area contributed by atoms with E-state index in [1.54, 1.807) is 25.3 Å². The van der Waals surface area contributed by atoms with Crippen molar-refractivity contribution in [3.63, 3.8) is 0 Å². The highest BCUT2D eigenvalue weighted by atomic mass is 35.5. The Morgan fingerprint density at radius 1 is 1.35 bits per heavy atom. The van der Waals surface area contributed by atoms with Gasteiger partial charge in [-0.3, -0.25) is 5.10 Å².